The van der Waals surface area contributed by atoms with Gasteiger partial charge in [0, 0.05) is 12.1 Å². The number of hydrogen-bond acceptors (Lipinski definition) is 5. The summed E-state index contributed by atoms with van der Waals surface area (Å²) in [6.45, 7) is -0.680. The van der Waals surface area contributed by atoms with Gasteiger partial charge in [-0.3, -0.25) is 9.69 Å². The van der Waals surface area contributed by atoms with Crippen LogP contribution in [0.1, 0.15) is 35.0 Å². The van der Waals surface area contributed by atoms with Crippen LogP contribution in [0.5, 0.6) is 11.5 Å². The number of likely N-dealkylation sites (tertiary alicyclic amines) is 1. The lowest BCUT2D eigenvalue weighted by atomic mass is 10.1. The minimum absolute atomic E-state index is 0.0465. The molecular weight excluding hydrogens is 358 g/mol. The Morgan fingerprint density at radius 3 is 2.67 bits per heavy atom. The van der Waals surface area contributed by atoms with E-state index in [2.05, 4.69) is 15.0 Å². The Hall–Kier alpha value is -2.61. The van der Waals surface area contributed by atoms with Crippen LogP contribution in [0.2, 0.25) is 0 Å². The van der Waals surface area contributed by atoms with E-state index in [1.54, 1.807) is 6.26 Å². The average Bonchev–Trinajstić information content (AvgIpc) is 3.36. The van der Waals surface area contributed by atoms with Crippen LogP contribution in [0.25, 0.3) is 0 Å². The molecule has 1 saturated heterocycles. The number of amides is 1. The summed E-state index contributed by atoms with van der Waals surface area (Å²) in [5, 5.41) is 2.89. The molecule has 1 atom stereocenters. The van der Waals surface area contributed by atoms with Gasteiger partial charge in [0.15, 0.2) is 11.5 Å². The van der Waals surface area contributed by atoms with Crippen LogP contribution in [0.3, 0.4) is 0 Å². The fourth-order valence-corrected chi connectivity index (χ4v) is 3.24. The largest absolute Gasteiger partial charge is 0.493 e. The smallest absolute Gasteiger partial charge is 0.387 e. The number of alkyl halides is 2. The maximum absolute atomic E-state index is 12.5. The molecule has 146 valence electrons. The fraction of sp³-hybridized carbons (Fsp3) is 0.421. The molecule has 0 aliphatic carbocycles. The zero-order chi connectivity index (χ0) is 19.2. The molecule has 6 nitrogen and oxygen atoms in total. The minimum atomic E-state index is -2.96. The highest BCUT2D eigenvalue weighted by Gasteiger charge is 2.26. The van der Waals surface area contributed by atoms with Crippen LogP contribution in [-0.2, 0) is 0 Å². The van der Waals surface area contributed by atoms with E-state index in [4.69, 9.17) is 9.15 Å². The number of carbonyl (C=O) groups excluding carboxylic acids is 1. The summed E-state index contributed by atoms with van der Waals surface area (Å²) in [5.74, 6) is 0.433. The number of methoxy groups -OCH3 is 1. The third kappa shape index (κ3) is 4.77. The first kappa shape index (κ1) is 19.2. The van der Waals surface area contributed by atoms with Crippen molar-refractivity contribution in [2.75, 3.05) is 26.7 Å². The summed E-state index contributed by atoms with van der Waals surface area (Å²) in [4.78, 5) is 14.8. The third-order valence-corrected chi connectivity index (χ3v) is 4.55. The van der Waals surface area contributed by atoms with Crippen molar-refractivity contribution in [2.24, 2.45) is 0 Å². The van der Waals surface area contributed by atoms with Gasteiger partial charge in [-0.05, 0) is 56.3 Å². The van der Waals surface area contributed by atoms with E-state index in [1.807, 2.05) is 12.1 Å². The van der Waals surface area contributed by atoms with E-state index in [9.17, 15) is 13.6 Å². The Morgan fingerprint density at radius 1 is 1.26 bits per heavy atom. The lowest BCUT2D eigenvalue weighted by molar-refractivity contribution is -0.0512. The lowest BCUT2D eigenvalue weighted by Gasteiger charge is -2.26. The number of hydrogen-bond donors (Lipinski definition) is 1. The lowest BCUT2D eigenvalue weighted by Crippen LogP contribution is -2.36. The molecule has 1 N–H and O–H groups in total. The van der Waals surface area contributed by atoms with E-state index < -0.39 is 6.61 Å². The van der Waals surface area contributed by atoms with Crippen molar-refractivity contribution in [3.63, 3.8) is 0 Å². The molecule has 1 aromatic heterocycles. The molecule has 1 amide bonds. The standard InChI is InChI=1S/C19H22F2N2O4/c1-25-17-11-13(6-7-16(17)27-19(20)21)18(24)22-12-14(15-5-4-10-26-15)23-8-2-3-9-23/h4-7,10-11,14,19H,2-3,8-9,12H2,1H3,(H,22,24)/t14-/m0/s1. The van der Waals surface area contributed by atoms with Gasteiger partial charge in [-0.1, -0.05) is 0 Å². The molecule has 0 radical (unpaired) electrons. The molecule has 0 unspecified atom stereocenters. The molecule has 3 rings (SSSR count). The molecule has 27 heavy (non-hydrogen) atoms. The number of rotatable bonds is 8. The zero-order valence-electron chi connectivity index (χ0n) is 15.0. The van der Waals surface area contributed by atoms with E-state index >= 15 is 0 Å². The van der Waals surface area contributed by atoms with Gasteiger partial charge in [0.1, 0.15) is 5.76 Å². The van der Waals surface area contributed by atoms with Gasteiger partial charge >= 0.3 is 6.61 Å². The average molecular weight is 380 g/mol. The van der Waals surface area contributed by atoms with Crippen molar-refractivity contribution in [3.8, 4) is 11.5 Å². The van der Waals surface area contributed by atoms with Crippen LogP contribution in [-0.4, -0.2) is 44.2 Å². The molecule has 0 saturated carbocycles. The van der Waals surface area contributed by atoms with Gasteiger partial charge < -0.3 is 19.2 Å². The first-order valence-electron chi connectivity index (χ1n) is 8.77. The van der Waals surface area contributed by atoms with Crippen LogP contribution in [0.4, 0.5) is 8.78 Å². The Labute approximate surface area is 156 Å². The van der Waals surface area contributed by atoms with Gasteiger partial charge in [0.05, 0.1) is 19.4 Å². The van der Waals surface area contributed by atoms with Crippen LogP contribution in [0.15, 0.2) is 41.0 Å². The summed E-state index contributed by atoms with van der Waals surface area (Å²) in [6.07, 6.45) is 3.86. The van der Waals surface area contributed by atoms with Crippen LogP contribution >= 0.6 is 0 Å². The summed E-state index contributed by atoms with van der Waals surface area (Å²) in [6, 6.07) is 7.78. The molecule has 2 aromatic rings. The predicted octanol–water partition coefficient (Wildman–Crippen LogP) is 3.46. The van der Waals surface area contributed by atoms with Crippen molar-refractivity contribution in [1.29, 1.82) is 0 Å². The first-order chi connectivity index (χ1) is 13.1. The Balaban J connectivity index is 1.68. The fourth-order valence-electron chi connectivity index (χ4n) is 3.24. The molecule has 1 aliphatic heterocycles. The van der Waals surface area contributed by atoms with E-state index in [1.165, 1.54) is 25.3 Å². The summed E-state index contributed by atoms with van der Waals surface area (Å²) in [5.41, 5.74) is 0.299. The first-order valence-corrected chi connectivity index (χ1v) is 8.77. The number of nitrogens with zero attached hydrogens (tertiary/aromatic N) is 1. The molecule has 1 aromatic carbocycles. The molecular formula is C19H22F2N2O4. The third-order valence-electron chi connectivity index (χ3n) is 4.55. The number of benzene rings is 1. The van der Waals surface area contributed by atoms with Crippen molar-refractivity contribution in [1.82, 2.24) is 10.2 Å². The van der Waals surface area contributed by atoms with E-state index in [0.717, 1.165) is 31.7 Å². The maximum Gasteiger partial charge on any atom is 0.387 e. The highest BCUT2D eigenvalue weighted by atomic mass is 19.3. The Morgan fingerprint density at radius 2 is 2.04 bits per heavy atom. The summed E-state index contributed by atoms with van der Waals surface area (Å²) >= 11 is 0. The highest BCUT2D eigenvalue weighted by Crippen LogP contribution is 2.30. The molecule has 0 bridgehead atoms. The highest BCUT2D eigenvalue weighted by molar-refractivity contribution is 5.94. The second-order valence-electron chi connectivity index (χ2n) is 6.23. The van der Waals surface area contributed by atoms with Gasteiger partial charge in [0.25, 0.3) is 5.91 Å². The van der Waals surface area contributed by atoms with Crippen molar-refractivity contribution < 1.29 is 27.5 Å². The zero-order valence-corrected chi connectivity index (χ0v) is 15.0. The van der Waals surface area contributed by atoms with Crippen molar-refractivity contribution in [3.05, 3.63) is 47.9 Å². The monoisotopic (exact) mass is 380 g/mol. The SMILES string of the molecule is COc1cc(C(=O)NC[C@@H](c2ccco2)N2CCCC2)ccc1OC(F)F. The summed E-state index contributed by atoms with van der Waals surface area (Å²) < 4.78 is 39.8. The normalized spacial score (nSPS) is 15.7. The minimum Gasteiger partial charge on any atom is -0.493 e. The van der Waals surface area contributed by atoms with E-state index in [0.29, 0.717) is 12.1 Å². The molecule has 0 spiro atoms. The number of furan rings is 1. The van der Waals surface area contributed by atoms with E-state index in [-0.39, 0.29) is 23.4 Å². The quantitative estimate of drug-likeness (QED) is 0.760. The Bertz CT molecular complexity index is 746. The van der Waals surface area contributed by atoms with Gasteiger partial charge in [-0.25, -0.2) is 0 Å². The van der Waals surface area contributed by atoms with Gasteiger partial charge in [0.2, 0.25) is 0 Å². The molecule has 8 heteroatoms. The topological polar surface area (TPSA) is 63.9 Å². The second kappa shape index (κ2) is 8.85. The number of nitrogens with one attached hydrogen (secondary N) is 1. The van der Waals surface area contributed by atoms with Crippen molar-refractivity contribution >= 4 is 5.91 Å². The Kier molecular flexibility index (Phi) is 6.28. The van der Waals surface area contributed by atoms with Gasteiger partial charge in [-0.15, -0.1) is 0 Å². The van der Waals surface area contributed by atoms with Crippen LogP contribution in [0, 0.1) is 0 Å². The maximum atomic E-state index is 12.5. The molecule has 1 aliphatic rings. The van der Waals surface area contributed by atoms with Crippen molar-refractivity contribution in [2.45, 2.75) is 25.5 Å². The van der Waals surface area contributed by atoms with Gasteiger partial charge in [-0.2, -0.15) is 8.78 Å². The molecule has 2 heterocycles. The number of ether oxygens (including phenoxy) is 2. The van der Waals surface area contributed by atoms with Crippen LogP contribution < -0.4 is 14.8 Å². The summed E-state index contributed by atoms with van der Waals surface area (Å²) in [7, 11) is 1.33. The second-order valence-corrected chi connectivity index (χ2v) is 6.23. The number of halogens is 2. The number of carbonyl (C=O) groups is 1. The molecule has 1 fully saturated rings. The predicted molar refractivity (Wildman–Crippen MR) is 94.2 cm³/mol.